The quantitative estimate of drug-likeness (QED) is 0.281. The first-order valence-corrected chi connectivity index (χ1v) is 15.4. The number of fused-ring (bicyclic) bond motifs is 9. The van der Waals surface area contributed by atoms with Gasteiger partial charge >= 0.3 is 6.61 Å². The van der Waals surface area contributed by atoms with Gasteiger partial charge in [-0.05, 0) is 67.6 Å². The van der Waals surface area contributed by atoms with E-state index in [1.165, 1.54) is 6.20 Å². The lowest BCUT2D eigenvalue weighted by Crippen LogP contribution is -2.50. The highest BCUT2D eigenvalue weighted by atomic mass is 32.2. The second-order valence-corrected chi connectivity index (χ2v) is 12.7. The maximum Gasteiger partial charge on any atom is 0.387 e. The molecule has 9 nitrogen and oxygen atoms in total. The molecule has 6 atom stereocenters. The average molecular weight is 611 g/mol. The molecule has 0 saturated carbocycles. The molecule has 2 aromatic heterocycles. The van der Waals surface area contributed by atoms with Crippen LogP contribution in [-0.4, -0.2) is 49.3 Å². The number of nitrogens with zero attached hydrogens (tertiary/aromatic N) is 3. The van der Waals surface area contributed by atoms with E-state index >= 15 is 0 Å². The van der Waals surface area contributed by atoms with Crippen molar-refractivity contribution in [3.05, 3.63) is 76.9 Å². The highest BCUT2D eigenvalue weighted by Crippen LogP contribution is 2.49. The third-order valence-corrected chi connectivity index (χ3v) is 10.1. The Morgan fingerprint density at radius 3 is 2.84 bits per heavy atom. The van der Waals surface area contributed by atoms with Crippen molar-refractivity contribution in [3.8, 4) is 16.9 Å². The van der Waals surface area contributed by atoms with E-state index in [4.69, 9.17) is 18.6 Å². The number of imidazole rings is 1. The van der Waals surface area contributed by atoms with Crippen LogP contribution in [0.4, 0.5) is 8.78 Å². The lowest BCUT2D eigenvalue weighted by Gasteiger charge is -2.37. The van der Waals surface area contributed by atoms with Crippen LogP contribution in [-0.2, 0) is 15.7 Å². The van der Waals surface area contributed by atoms with E-state index in [1.54, 1.807) is 12.1 Å². The van der Waals surface area contributed by atoms with Crippen LogP contribution in [0.3, 0.4) is 0 Å². The topological polar surface area (TPSA) is 107 Å². The Balaban J connectivity index is 1.40. The third kappa shape index (κ3) is 4.63. The second-order valence-electron chi connectivity index (χ2n) is 11.0. The maximum atomic E-state index is 13.7. The molecule has 2 bridgehead atoms. The number of rotatable bonds is 8. The summed E-state index contributed by atoms with van der Waals surface area (Å²) in [6.45, 7) is -2.06. The number of ether oxygens (including phenoxy) is 2. The molecule has 3 aliphatic rings. The van der Waals surface area contributed by atoms with E-state index in [2.05, 4.69) is 15.0 Å². The lowest BCUT2D eigenvalue weighted by molar-refractivity contribution is -0.0835. The molecule has 224 valence electrons. The Bertz CT molecular complexity index is 1870. The Morgan fingerprint density at radius 2 is 2.14 bits per heavy atom. The number of amides is 1. The first-order chi connectivity index (χ1) is 22.0. The third-order valence-electron chi connectivity index (χ3n) is 8.58. The molecule has 4 aromatic rings. The number of nitrogens with one attached hydrogen (secondary N) is 2. The number of benzene rings is 2. The number of carbonyl (C=O) groups excluding carboxylic acids is 1. The summed E-state index contributed by atoms with van der Waals surface area (Å²) in [6, 6.07) is 11.0. The molecular formula is C31H31F2N5O4S. The Morgan fingerprint density at radius 1 is 1.30 bits per heavy atom. The summed E-state index contributed by atoms with van der Waals surface area (Å²) in [5.41, 5.74) is 2.54. The second kappa shape index (κ2) is 10.8. The maximum absolute atomic E-state index is 13.7. The monoisotopic (exact) mass is 610 g/mol. The van der Waals surface area contributed by atoms with E-state index < -0.39 is 60.0 Å². The van der Waals surface area contributed by atoms with E-state index in [-0.39, 0.29) is 22.3 Å². The van der Waals surface area contributed by atoms with E-state index in [9.17, 15) is 17.8 Å². The largest absolute Gasteiger partial charge is 0.435 e. The van der Waals surface area contributed by atoms with E-state index in [0.717, 1.165) is 18.0 Å². The number of carbonyl (C=O) groups is 1. The highest BCUT2D eigenvalue weighted by molar-refractivity contribution is 7.83. The van der Waals surface area contributed by atoms with Crippen LogP contribution < -0.4 is 14.8 Å². The first kappa shape index (κ1) is 24.7. The fourth-order valence-electron chi connectivity index (χ4n) is 6.17. The molecule has 1 fully saturated rings. The van der Waals surface area contributed by atoms with Crippen molar-refractivity contribution in [3.63, 3.8) is 0 Å². The van der Waals surface area contributed by atoms with Gasteiger partial charge in [0.25, 0.3) is 5.91 Å². The van der Waals surface area contributed by atoms with Gasteiger partial charge in [-0.3, -0.25) is 9.78 Å². The van der Waals surface area contributed by atoms with Crippen LogP contribution in [0.25, 0.3) is 22.2 Å². The molecule has 0 radical (unpaired) electrons. The minimum atomic E-state index is -3.33. The molecule has 7 rings (SSSR count). The van der Waals surface area contributed by atoms with Crippen LogP contribution in [0, 0.1) is 6.85 Å². The van der Waals surface area contributed by atoms with E-state index in [1.807, 2.05) is 42.7 Å². The number of halogens is 2. The molecule has 1 saturated heterocycles. The van der Waals surface area contributed by atoms with Crippen LogP contribution in [0.1, 0.15) is 81.8 Å². The summed E-state index contributed by atoms with van der Waals surface area (Å²) in [5, 5.41) is 2.89. The summed E-state index contributed by atoms with van der Waals surface area (Å²) >= 11 is 0. The first-order valence-electron chi connectivity index (χ1n) is 15.6. The minimum Gasteiger partial charge on any atom is -0.435 e. The predicted molar refractivity (Wildman–Crippen MR) is 157 cm³/mol. The lowest BCUT2D eigenvalue weighted by atomic mass is 9.86. The molecule has 12 heteroatoms. The molecule has 2 N–H and O–H groups in total. The van der Waals surface area contributed by atoms with Gasteiger partial charge in [-0.1, -0.05) is 25.1 Å². The number of pyridine rings is 1. The molecule has 0 spiro atoms. The van der Waals surface area contributed by atoms with Gasteiger partial charge in [0.2, 0.25) is 0 Å². The van der Waals surface area contributed by atoms with Crippen LogP contribution in [0.5, 0.6) is 5.75 Å². The summed E-state index contributed by atoms with van der Waals surface area (Å²) < 4.78 is 80.8. The molecule has 2 aromatic carbocycles. The normalized spacial score (nSPS) is 25.0. The van der Waals surface area contributed by atoms with E-state index in [0.29, 0.717) is 41.2 Å². The fraction of sp³-hybridized carbons (Fsp3) is 0.387. The smallest absolute Gasteiger partial charge is 0.387 e. The fourth-order valence-corrected chi connectivity index (χ4v) is 7.17. The van der Waals surface area contributed by atoms with Crippen LogP contribution in [0.2, 0.25) is 0 Å². The molecule has 4 unspecified atom stereocenters. The summed E-state index contributed by atoms with van der Waals surface area (Å²) in [5.74, 6) is -0.722. The summed E-state index contributed by atoms with van der Waals surface area (Å²) in [6.07, 6.45) is 2.08. The van der Waals surface area contributed by atoms with Gasteiger partial charge in [0.15, 0.2) is 0 Å². The van der Waals surface area contributed by atoms with Crippen molar-refractivity contribution >= 4 is 27.9 Å². The Hall–Kier alpha value is -3.74. The molecule has 3 aliphatic heterocycles. The van der Waals surface area contributed by atoms with Crippen molar-refractivity contribution in [2.75, 3.05) is 6.61 Å². The van der Waals surface area contributed by atoms with Gasteiger partial charge in [0.1, 0.15) is 17.8 Å². The van der Waals surface area contributed by atoms with Crippen molar-refractivity contribution in [1.82, 2.24) is 24.6 Å². The zero-order valence-corrected chi connectivity index (χ0v) is 24.2. The van der Waals surface area contributed by atoms with Crippen LogP contribution in [0.15, 0.2) is 48.7 Å². The van der Waals surface area contributed by atoms with Crippen LogP contribution >= 0.6 is 0 Å². The Labute approximate surface area is 253 Å². The van der Waals surface area contributed by atoms with Gasteiger partial charge < -0.3 is 19.4 Å². The number of hydrogen-bond donors (Lipinski definition) is 2. The standard InChI is InChI=1S/C31H31F2N5O4S/c1-4-15(2)43(40)37-30-19(14-41-30)20-10-9-17(13-34-20)26-16(3)25(42-31(32)33)11-18-27(26)24-12-22(36-29(18)39)28-35-21-7-5-6-8-23(21)38(24)28/h5-11,13,15,19,22,24,30-31,37H,4,12,14H2,1-3H3,(H,36,39)/t15?,19?,22-,24-,30?,43?/m1/s1/i3D3. The minimum absolute atomic E-state index is 0.0443. The summed E-state index contributed by atoms with van der Waals surface area (Å²) in [7, 11) is -1.31. The van der Waals surface area contributed by atoms with Crippen molar-refractivity contribution in [1.29, 1.82) is 0 Å². The zero-order chi connectivity index (χ0) is 32.5. The number of alkyl halides is 2. The molecule has 5 heterocycles. The predicted octanol–water partition coefficient (Wildman–Crippen LogP) is 5.28. The summed E-state index contributed by atoms with van der Waals surface area (Å²) in [4.78, 5) is 23.1. The molecular weight excluding hydrogens is 576 g/mol. The number of para-hydroxylation sites is 2. The SMILES string of the molecule is [2H]C([2H])([2H])c1c(OC(F)F)cc2c(c1-c1ccc(C3COC3NS(=O)C(C)CC)nc1)[C@H]1C[C@@H](NC2=O)c2nc3ccccc3n21. The molecule has 43 heavy (non-hydrogen) atoms. The van der Waals surface area contributed by atoms with Gasteiger partial charge in [-0.15, -0.1) is 0 Å². The van der Waals surface area contributed by atoms with Gasteiger partial charge in [-0.25, -0.2) is 13.9 Å². The average Bonchev–Trinajstić information content (AvgIpc) is 3.50. The Kier molecular flexibility index (Phi) is 6.17. The molecule has 1 amide bonds. The van der Waals surface area contributed by atoms with Gasteiger partial charge in [0, 0.05) is 32.4 Å². The number of aromatic nitrogens is 3. The highest BCUT2D eigenvalue weighted by Gasteiger charge is 2.43. The number of hydrogen-bond acceptors (Lipinski definition) is 6. The zero-order valence-electron chi connectivity index (χ0n) is 26.3. The van der Waals surface area contributed by atoms with Gasteiger partial charge in [-0.2, -0.15) is 8.78 Å². The van der Waals surface area contributed by atoms with Crippen molar-refractivity contribution in [2.45, 2.75) is 69.6 Å². The van der Waals surface area contributed by atoms with Crippen molar-refractivity contribution < 1.29 is 31.4 Å². The molecule has 0 aliphatic carbocycles. The van der Waals surface area contributed by atoms with Gasteiger partial charge in [0.05, 0.1) is 46.6 Å². The van der Waals surface area contributed by atoms with Crippen molar-refractivity contribution in [2.24, 2.45) is 0 Å².